The minimum atomic E-state index is -3.81. The highest BCUT2D eigenvalue weighted by Gasteiger charge is 2.22. The van der Waals surface area contributed by atoms with Crippen molar-refractivity contribution in [2.75, 3.05) is 33.7 Å². The highest BCUT2D eigenvalue weighted by atomic mass is 32.2. The van der Waals surface area contributed by atoms with Crippen molar-refractivity contribution in [3.63, 3.8) is 0 Å². The molecule has 0 aliphatic rings. The maximum absolute atomic E-state index is 13.1. The van der Waals surface area contributed by atoms with Gasteiger partial charge in [0.05, 0.1) is 10.6 Å². The smallest absolute Gasteiger partial charge is 0.293 e. The van der Waals surface area contributed by atoms with Crippen LogP contribution >= 0.6 is 0 Å². The summed E-state index contributed by atoms with van der Waals surface area (Å²) in [6.45, 7) is 3.75. The lowest BCUT2D eigenvalue weighted by atomic mass is 10.1. The summed E-state index contributed by atoms with van der Waals surface area (Å²) in [5, 5.41) is 9.69. The van der Waals surface area contributed by atoms with Gasteiger partial charge in [0.2, 0.25) is 15.8 Å². The first-order valence-corrected chi connectivity index (χ1v) is 11.8. The van der Waals surface area contributed by atoms with Crippen LogP contribution in [0.25, 0.3) is 5.69 Å². The molecule has 0 bridgehead atoms. The van der Waals surface area contributed by atoms with E-state index in [9.17, 15) is 13.2 Å². The summed E-state index contributed by atoms with van der Waals surface area (Å²) in [5.41, 5.74) is 1.60. The normalized spacial score (nSPS) is 11.7. The van der Waals surface area contributed by atoms with E-state index in [2.05, 4.69) is 10.1 Å². The van der Waals surface area contributed by atoms with Gasteiger partial charge in [-0.3, -0.25) is 4.79 Å². The number of hydrogen-bond donors (Lipinski definition) is 1. The number of hydrogen-bond acceptors (Lipinski definition) is 6. The Balaban J connectivity index is 1.99. The van der Waals surface area contributed by atoms with Gasteiger partial charge in [-0.1, -0.05) is 30.3 Å². The number of carbonyl (C=O) groups excluding carboxylic acids is 1. The van der Waals surface area contributed by atoms with Crippen molar-refractivity contribution in [2.45, 2.75) is 18.2 Å². The molecule has 3 rings (SSSR count). The van der Waals surface area contributed by atoms with Crippen LogP contribution in [0.1, 0.15) is 28.9 Å². The van der Waals surface area contributed by atoms with Crippen molar-refractivity contribution in [2.24, 2.45) is 5.14 Å². The van der Waals surface area contributed by atoms with E-state index in [0.29, 0.717) is 31.0 Å². The average molecular weight is 457 g/mol. The third-order valence-corrected chi connectivity index (χ3v) is 5.90. The summed E-state index contributed by atoms with van der Waals surface area (Å²) in [7, 11) is 0.0989. The molecule has 1 amide bonds. The minimum Gasteiger partial charge on any atom is -0.335 e. The molecule has 10 heteroatoms. The van der Waals surface area contributed by atoms with Crippen molar-refractivity contribution in [1.29, 1.82) is 0 Å². The third-order valence-electron chi connectivity index (χ3n) is 4.97. The van der Waals surface area contributed by atoms with Gasteiger partial charge < -0.3 is 9.80 Å². The number of carbonyl (C=O) groups is 1. The predicted molar refractivity (Wildman–Crippen MR) is 122 cm³/mol. The zero-order chi connectivity index (χ0) is 23.3. The van der Waals surface area contributed by atoms with Crippen molar-refractivity contribution in [1.82, 2.24) is 24.6 Å². The van der Waals surface area contributed by atoms with Crippen molar-refractivity contribution in [3.8, 4) is 5.69 Å². The SMILES string of the molecule is CCN(CCN(C)C)C(=O)c1nc(Cc2ccccc2)n(-c2ccc(S(N)(=O)=O)cc2)n1. The van der Waals surface area contributed by atoms with Crippen LogP contribution in [0.15, 0.2) is 59.5 Å². The van der Waals surface area contributed by atoms with E-state index in [1.807, 2.05) is 56.3 Å². The average Bonchev–Trinajstić information content (AvgIpc) is 3.17. The summed E-state index contributed by atoms with van der Waals surface area (Å²) >= 11 is 0. The molecule has 0 atom stereocenters. The summed E-state index contributed by atoms with van der Waals surface area (Å²) in [6.07, 6.45) is 0.460. The topological polar surface area (TPSA) is 114 Å². The molecule has 9 nitrogen and oxygen atoms in total. The van der Waals surface area contributed by atoms with E-state index < -0.39 is 10.0 Å². The summed E-state index contributed by atoms with van der Waals surface area (Å²) in [6, 6.07) is 15.8. The largest absolute Gasteiger partial charge is 0.335 e. The first kappa shape index (κ1) is 23.6. The molecular weight excluding hydrogens is 428 g/mol. The zero-order valence-electron chi connectivity index (χ0n) is 18.5. The van der Waals surface area contributed by atoms with Crippen LogP contribution in [0, 0.1) is 0 Å². The molecular formula is C22H28N6O3S. The maximum atomic E-state index is 13.1. The Morgan fingerprint density at radius 1 is 1.03 bits per heavy atom. The van der Waals surface area contributed by atoms with Gasteiger partial charge in [0.25, 0.3) is 5.91 Å². The van der Waals surface area contributed by atoms with E-state index in [0.717, 1.165) is 12.1 Å². The summed E-state index contributed by atoms with van der Waals surface area (Å²) in [5.74, 6) is 0.433. The first-order valence-electron chi connectivity index (χ1n) is 10.3. The lowest BCUT2D eigenvalue weighted by molar-refractivity contribution is 0.0742. The lowest BCUT2D eigenvalue weighted by Gasteiger charge is -2.21. The molecule has 0 saturated carbocycles. The van der Waals surface area contributed by atoms with Crippen LogP contribution in [0.2, 0.25) is 0 Å². The maximum Gasteiger partial charge on any atom is 0.293 e. The molecule has 3 aromatic rings. The fraction of sp³-hybridized carbons (Fsp3) is 0.318. The second kappa shape index (κ2) is 10.0. The van der Waals surface area contributed by atoms with Gasteiger partial charge in [-0.05, 0) is 50.8 Å². The van der Waals surface area contributed by atoms with E-state index in [4.69, 9.17) is 5.14 Å². The Bertz CT molecular complexity index is 1160. The van der Waals surface area contributed by atoms with E-state index in [1.165, 1.54) is 12.1 Å². The van der Waals surface area contributed by atoms with E-state index in [1.54, 1.807) is 21.7 Å². The quantitative estimate of drug-likeness (QED) is 0.522. The minimum absolute atomic E-state index is 0.00289. The molecule has 0 fully saturated rings. The number of likely N-dealkylation sites (N-methyl/N-ethyl adjacent to an activating group) is 2. The molecule has 0 spiro atoms. The van der Waals surface area contributed by atoms with Crippen LogP contribution in [0.3, 0.4) is 0 Å². The fourth-order valence-electron chi connectivity index (χ4n) is 3.18. The number of sulfonamides is 1. The highest BCUT2D eigenvalue weighted by Crippen LogP contribution is 2.17. The molecule has 1 heterocycles. The standard InChI is InChI=1S/C22H28N6O3S/c1-4-27(15-14-26(2)3)22(29)21-24-20(16-17-8-6-5-7-9-17)28(25-21)18-10-12-19(13-11-18)32(23,30)31/h5-13H,4,14-16H2,1-3H3,(H2,23,30,31). The first-order chi connectivity index (χ1) is 15.2. The number of nitrogens with two attached hydrogens (primary N) is 1. The Hall–Kier alpha value is -3.08. The highest BCUT2D eigenvalue weighted by molar-refractivity contribution is 7.89. The van der Waals surface area contributed by atoms with Crippen LogP contribution in [-0.2, 0) is 16.4 Å². The van der Waals surface area contributed by atoms with Crippen molar-refractivity contribution < 1.29 is 13.2 Å². The molecule has 0 saturated heterocycles. The van der Waals surface area contributed by atoms with Crippen LogP contribution in [0.5, 0.6) is 0 Å². The number of nitrogens with zero attached hydrogens (tertiary/aromatic N) is 5. The predicted octanol–water partition coefficient (Wildman–Crippen LogP) is 1.53. The molecule has 0 unspecified atom stereocenters. The van der Waals surface area contributed by atoms with Gasteiger partial charge in [0.15, 0.2) is 0 Å². The monoisotopic (exact) mass is 456 g/mol. The lowest BCUT2D eigenvalue weighted by Crippen LogP contribution is -2.37. The molecule has 0 aliphatic carbocycles. The molecule has 2 N–H and O–H groups in total. The molecule has 1 aromatic heterocycles. The van der Waals surface area contributed by atoms with Gasteiger partial charge >= 0.3 is 0 Å². The van der Waals surface area contributed by atoms with Crippen LogP contribution in [-0.4, -0.2) is 72.6 Å². The molecule has 0 aliphatic heterocycles. The van der Waals surface area contributed by atoms with Crippen molar-refractivity contribution in [3.05, 3.63) is 71.8 Å². The second-order valence-corrected chi connectivity index (χ2v) is 9.21. The van der Waals surface area contributed by atoms with Gasteiger partial charge in [0, 0.05) is 26.1 Å². The Labute approximate surface area is 188 Å². The van der Waals surface area contributed by atoms with Crippen LogP contribution in [0.4, 0.5) is 0 Å². The van der Waals surface area contributed by atoms with Gasteiger partial charge in [0.1, 0.15) is 5.82 Å². The fourth-order valence-corrected chi connectivity index (χ4v) is 3.69. The summed E-state index contributed by atoms with van der Waals surface area (Å²) < 4.78 is 24.8. The number of amides is 1. The number of rotatable bonds is 9. The third kappa shape index (κ3) is 5.78. The molecule has 170 valence electrons. The Morgan fingerprint density at radius 2 is 1.69 bits per heavy atom. The number of aromatic nitrogens is 3. The number of benzene rings is 2. The van der Waals surface area contributed by atoms with Gasteiger partial charge in [-0.25, -0.2) is 23.2 Å². The van der Waals surface area contributed by atoms with E-state index in [-0.39, 0.29) is 16.6 Å². The van der Waals surface area contributed by atoms with Crippen LogP contribution < -0.4 is 5.14 Å². The molecule has 32 heavy (non-hydrogen) atoms. The van der Waals surface area contributed by atoms with Gasteiger partial charge in [-0.15, -0.1) is 5.10 Å². The Kier molecular flexibility index (Phi) is 7.39. The molecule has 2 aromatic carbocycles. The summed E-state index contributed by atoms with van der Waals surface area (Å²) in [4.78, 5) is 21.4. The number of primary sulfonamides is 1. The molecule has 0 radical (unpaired) electrons. The van der Waals surface area contributed by atoms with E-state index >= 15 is 0 Å². The zero-order valence-corrected chi connectivity index (χ0v) is 19.3. The second-order valence-electron chi connectivity index (χ2n) is 7.65. The van der Waals surface area contributed by atoms with Crippen molar-refractivity contribution >= 4 is 15.9 Å². The Morgan fingerprint density at radius 3 is 2.25 bits per heavy atom. The van der Waals surface area contributed by atoms with Gasteiger partial charge in [-0.2, -0.15) is 0 Å².